The molecule has 0 spiro atoms. The first-order valence-corrected chi connectivity index (χ1v) is 14.1. The Morgan fingerprint density at radius 3 is 1.00 bits per heavy atom. The van der Waals surface area contributed by atoms with Gasteiger partial charge in [-0.3, -0.25) is 0 Å². The van der Waals surface area contributed by atoms with Crippen LogP contribution < -0.4 is 24.0 Å². The minimum Gasteiger partial charge on any atom is -1.00 e. The smallest absolute Gasteiger partial charge is 0.0784 e. The minimum absolute atomic E-state index is 0. The van der Waals surface area contributed by atoms with Crippen LogP contribution in [0, 0.1) is 0 Å². The number of hydrogen-bond donors (Lipinski definition) is 0. The summed E-state index contributed by atoms with van der Waals surface area (Å²) in [5.41, 5.74) is 0. The molecule has 0 saturated carbocycles. The van der Waals surface area contributed by atoms with Gasteiger partial charge in [-0.1, -0.05) is 104 Å². The van der Waals surface area contributed by atoms with Crippen molar-refractivity contribution in [3.05, 3.63) is 0 Å². The van der Waals surface area contributed by atoms with Crippen molar-refractivity contribution < 1.29 is 28.5 Å². The number of rotatable bonds is 24. The lowest BCUT2D eigenvalue weighted by Crippen LogP contribution is -3.00. The maximum atomic E-state index is 5.94. The zero-order valence-electron chi connectivity index (χ0n) is 21.2. The average Bonchev–Trinajstić information content (AvgIpc) is 2.72. The molecule has 184 valence electrons. The van der Waals surface area contributed by atoms with Crippen LogP contribution in [0.15, 0.2) is 0 Å². The molecular weight excluding hydrogens is 501 g/mol. The van der Waals surface area contributed by atoms with E-state index in [9.17, 15) is 0 Å². The van der Waals surface area contributed by atoms with Crippen LogP contribution >= 0.6 is 11.6 Å². The van der Waals surface area contributed by atoms with E-state index in [-0.39, 0.29) is 24.0 Å². The number of halogens is 2. The summed E-state index contributed by atoms with van der Waals surface area (Å²) >= 11 is 5.94. The van der Waals surface area contributed by atoms with E-state index in [2.05, 4.69) is 20.9 Å². The maximum Gasteiger partial charge on any atom is 0.0784 e. The lowest BCUT2D eigenvalue weighted by atomic mass is 10.1. The van der Waals surface area contributed by atoms with Gasteiger partial charge in [-0.15, -0.1) is 11.6 Å². The summed E-state index contributed by atoms with van der Waals surface area (Å²) in [6.45, 7) is 8.71. The maximum absolute atomic E-state index is 5.94. The van der Waals surface area contributed by atoms with Crippen molar-refractivity contribution in [2.45, 2.75) is 142 Å². The molecule has 0 aliphatic carbocycles. The van der Waals surface area contributed by atoms with E-state index in [0.29, 0.717) is 0 Å². The molecule has 3 heteroatoms. The molecule has 0 aliphatic rings. The zero-order valence-corrected chi connectivity index (χ0v) is 24.1. The van der Waals surface area contributed by atoms with Crippen molar-refractivity contribution in [1.29, 1.82) is 0 Å². The fourth-order valence-corrected chi connectivity index (χ4v) is 4.72. The zero-order chi connectivity index (χ0) is 21.5. The van der Waals surface area contributed by atoms with E-state index in [1.54, 1.807) is 0 Å². The van der Waals surface area contributed by atoms with Crippen LogP contribution in [0.5, 0.6) is 0 Å². The van der Waals surface area contributed by atoms with Gasteiger partial charge < -0.3 is 28.5 Å². The highest BCUT2D eigenvalue weighted by Crippen LogP contribution is 2.16. The fraction of sp³-hybridized carbons (Fsp3) is 1.00. The Kier molecular flexibility index (Phi) is 29.0. The largest absolute Gasteiger partial charge is 1.00 e. The Balaban J connectivity index is 0. The summed E-state index contributed by atoms with van der Waals surface area (Å²) in [6, 6.07) is 0. The quantitative estimate of drug-likeness (QED) is 0.0549. The van der Waals surface area contributed by atoms with Gasteiger partial charge >= 0.3 is 0 Å². The van der Waals surface area contributed by atoms with Gasteiger partial charge in [-0.05, 0) is 38.5 Å². The van der Waals surface area contributed by atoms with Gasteiger partial charge in [0.2, 0.25) is 0 Å². The van der Waals surface area contributed by atoms with E-state index in [0.717, 1.165) is 5.88 Å². The second kappa shape index (κ2) is 26.2. The molecule has 0 aromatic heterocycles. The van der Waals surface area contributed by atoms with Crippen molar-refractivity contribution in [3.63, 3.8) is 0 Å². The minimum atomic E-state index is 0. The van der Waals surface area contributed by atoms with Crippen LogP contribution in [0.4, 0.5) is 0 Å². The highest BCUT2D eigenvalue weighted by molar-refractivity contribution is 6.17. The summed E-state index contributed by atoms with van der Waals surface area (Å²) < 4.78 is 1.30. The van der Waals surface area contributed by atoms with Crippen molar-refractivity contribution >= 4 is 11.6 Å². The molecule has 0 amide bonds. The monoisotopic (exact) mass is 557 g/mol. The topological polar surface area (TPSA) is 0 Å². The molecule has 0 heterocycles. The lowest BCUT2D eigenvalue weighted by molar-refractivity contribution is -0.910. The van der Waals surface area contributed by atoms with Crippen LogP contribution in [-0.2, 0) is 0 Å². The number of unbranched alkanes of at least 4 members (excludes halogenated alkanes) is 17. The van der Waals surface area contributed by atoms with Gasteiger partial charge in [-0.2, -0.15) is 0 Å². The Morgan fingerprint density at radius 1 is 0.433 bits per heavy atom. The fourth-order valence-electron chi connectivity index (χ4n) is 4.53. The third-order valence-electron chi connectivity index (χ3n) is 6.68. The van der Waals surface area contributed by atoms with Gasteiger partial charge in [0.05, 0.1) is 26.7 Å². The highest BCUT2D eigenvalue weighted by atomic mass is 127. The number of hydrogen-bond acceptors (Lipinski definition) is 0. The molecule has 0 aliphatic heterocycles. The molecule has 1 nitrogen and oxygen atoms in total. The Hall–Kier alpha value is 0.980. The second-order valence-electron chi connectivity index (χ2n) is 9.84. The number of alkyl halides is 1. The summed E-state index contributed by atoms with van der Waals surface area (Å²) in [4.78, 5) is 0. The molecule has 0 fully saturated rings. The van der Waals surface area contributed by atoms with E-state index >= 15 is 0 Å². The summed E-state index contributed by atoms with van der Waals surface area (Å²) in [5, 5.41) is 0. The molecular formula is C27H57ClIN. The van der Waals surface area contributed by atoms with Crippen molar-refractivity contribution in [2.24, 2.45) is 0 Å². The summed E-state index contributed by atoms with van der Waals surface area (Å²) in [7, 11) is 2.52. The van der Waals surface area contributed by atoms with Gasteiger partial charge in [-0.25, -0.2) is 0 Å². The van der Waals surface area contributed by atoms with Crippen molar-refractivity contribution in [2.75, 3.05) is 32.6 Å². The first kappa shape index (κ1) is 33.2. The molecule has 0 bridgehead atoms. The molecule has 0 N–H and O–H groups in total. The van der Waals surface area contributed by atoms with Crippen LogP contribution in [0.2, 0.25) is 0 Å². The highest BCUT2D eigenvalue weighted by Gasteiger charge is 2.20. The Labute approximate surface area is 214 Å². The molecule has 0 rings (SSSR count). The Morgan fingerprint density at radius 2 is 0.700 bits per heavy atom. The normalized spacial score (nSPS) is 11.6. The standard InChI is InChI=1S/C27H57ClN.HI/c1-4-6-8-10-12-14-16-18-21-25-29(3,27-23-20-24-28)26-22-19-17-15-13-11-9-7-5-2;/h4-27H2,1-3H3;1H/q+1;/p-1. The first-order valence-electron chi connectivity index (χ1n) is 13.6. The summed E-state index contributed by atoms with van der Waals surface area (Å²) in [6.07, 6.45) is 28.3. The predicted octanol–water partition coefficient (Wildman–Crippen LogP) is 6.52. The van der Waals surface area contributed by atoms with Gasteiger partial charge in [0.25, 0.3) is 0 Å². The van der Waals surface area contributed by atoms with Crippen molar-refractivity contribution in [3.8, 4) is 0 Å². The average molecular weight is 558 g/mol. The molecule has 30 heavy (non-hydrogen) atoms. The van der Waals surface area contributed by atoms with Crippen LogP contribution in [-0.4, -0.2) is 37.0 Å². The van der Waals surface area contributed by atoms with E-state index < -0.39 is 0 Å². The van der Waals surface area contributed by atoms with Gasteiger partial charge in [0.15, 0.2) is 0 Å². The molecule has 0 radical (unpaired) electrons. The molecule has 0 saturated heterocycles. The molecule has 0 aromatic carbocycles. The second-order valence-corrected chi connectivity index (χ2v) is 10.2. The van der Waals surface area contributed by atoms with Crippen LogP contribution in [0.1, 0.15) is 142 Å². The predicted molar refractivity (Wildman–Crippen MR) is 135 cm³/mol. The van der Waals surface area contributed by atoms with Crippen LogP contribution in [0.3, 0.4) is 0 Å². The lowest BCUT2D eigenvalue weighted by Gasteiger charge is -2.35. The van der Waals surface area contributed by atoms with E-state index in [1.165, 1.54) is 153 Å². The molecule has 0 atom stereocenters. The molecule has 0 unspecified atom stereocenters. The molecule has 0 aromatic rings. The Bertz CT molecular complexity index is 289. The third-order valence-corrected chi connectivity index (χ3v) is 6.95. The van der Waals surface area contributed by atoms with E-state index in [4.69, 9.17) is 11.6 Å². The van der Waals surface area contributed by atoms with Crippen LogP contribution in [0.25, 0.3) is 0 Å². The first-order chi connectivity index (χ1) is 14.2. The van der Waals surface area contributed by atoms with Crippen molar-refractivity contribution in [1.82, 2.24) is 0 Å². The number of nitrogens with zero attached hydrogens (tertiary/aromatic N) is 1. The third kappa shape index (κ3) is 23.6. The number of quaternary nitrogens is 1. The summed E-state index contributed by atoms with van der Waals surface area (Å²) in [5.74, 6) is 0.829. The van der Waals surface area contributed by atoms with Gasteiger partial charge in [0.1, 0.15) is 0 Å². The van der Waals surface area contributed by atoms with E-state index in [1.807, 2.05) is 0 Å². The SMILES string of the molecule is CCCCCCCCCCC[N+](C)(CCCCCl)CCCCCCCCCCC.[I-]. The van der Waals surface area contributed by atoms with Gasteiger partial charge in [0, 0.05) is 5.88 Å².